The van der Waals surface area contributed by atoms with E-state index in [0.29, 0.717) is 39.9 Å². The summed E-state index contributed by atoms with van der Waals surface area (Å²) in [5.74, 6) is 0. The minimum atomic E-state index is -4.52. The number of nitro groups is 1. The molecule has 3 amide bonds. The molecular formula is C32H32F3N5O5. The topological polar surface area (TPSA) is 138 Å². The average Bonchev–Trinajstić information content (AvgIpc) is 2.97. The van der Waals surface area contributed by atoms with Crippen molar-refractivity contribution < 1.29 is 32.4 Å². The second kappa shape index (κ2) is 13.3. The summed E-state index contributed by atoms with van der Waals surface area (Å²) >= 11 is 0. The van der Waals surface area contributed by atoms with Crippen LogP contribution in [-0.4, -0.2) is 34.1 Å². The number of nitrogens with zero attached hydrogens (tertiary/aromatic N) is 3. The highest BCUT2D eigenvalue weighted by Gasteiger charge is 2.31. The van der Waals surface area contributed by atoms with E-state index in [1.807, 2.05) is 0 Å². The van der Waals surface area contributed by atoms with Crippen LogP contribution in [-0.2, 0) is 23.9 Å². The number of urea groups is 1. The molecule has 236 valence electrons. The summed E-state index contributed by atoms with van der Waals surface area (Å²) < 4.78 is 44.6. The van der Waals surface area contributed by atoms with Crippen LogP contribution in [0.15, 0.2) is 60.7 Å². The van der Waals surface area contributed by atoms with Gasteiger partial charge in [0, 0.05) is 37.3 Å². The Bertz CT molecular complexity index is 1630. The number of fused-ring (bicyclic) bond motifs is 1. The van der Waals surface area contributed by atoms with E-state index >= 15 is 0 Å². The van der Waals surface area contributed by atoms with E-state index in [-0.39, 0.29) is 31.6 Å². The van der Waals surface area contributed by atoms with E-state index in [1.165, 1.54) is 29.2 Å². The summed E-state index contributed by atoms with van der Waals surface area (Å²) in [4.78, 5) is 38.4. The van der Waals surface area contributed by atoms with Gasteiger partial charge < -0.3 is 15.0 Å². The number of nitrogens with one attached hydrogen (secondary N) is 2. The van der Waals surface area contributed by atoms with Crippen molar-refractivity contribution in [1.29, 1.82) is 5.26 Å². The predicted octanol–water partition coefficient (Wildman–Crippen LogP) is 7.74. The quantitative estimate of drug-likeness (QED) is 0.204. The third-order valence-electron chi connectivity index (χ3n) is 7.12. The Balaban J connectivity index is 1.56. The molecule has 13 heteroatoms. The number of alkyl halides is 3. The molecule has 2 N–H and O–H groups in total. The number of amides is 3. The molecule has 0 radical (unpaired) electrons. The fourth-order valence-electron chi connectivity index (χ4n) is 5.08. The van der Waals surface area contributed by atoms with Gasteiger partial charge in [-0.2, -0.15) is 18.4 Å². The molecule has 1 heterocycles. The number of carbonyl (C=O) groups excluding carboxylic acids is 2. The van der Waals surface area contributed by atoms with E-state index in [4.69, 9.17) is 4.74 Å². The molecular weight excluding hydrogens is 591 g/mol. The highest BCUT2D eigenvalue weighted by atomic mass is 19.4. The molecule has 4 rings (SSSR count). The zero-order valence-corrected chi connectivity index (χ0v) is 24.9. The van der Waals surface area contributed by atoms with Gasteiger partial charge in [0.2, 0.25) is 0 Å². The Labute approximate surface area is 257 Å². The summed E-state index contributed by atoms with van der Waals surface area (Å²) in [5.41, 5.74) is 1.38. The fourth-order valence-corrected chi connectivity index (χ4v) is 5.08. The number of halogens is 3. The lowest BCUT2D eigenvalue weighted by atomic mass is 9.89. The molecule has 45 heavy (non-hydrogen) atoms. The maximum Gasteiger partial charge on any atom is 0.416 e. The van der Waals surface area contributed by atoms with Crippen LogP contribution in [0, 0.1) is 21.4 Å². The number of hydrogen-bond acceptors (Lipinski definition) is 6. The molecule has 0 saturated carbocycles. The summed E-state index contributed by atoms with van der Waals surface area (Å²) in [7, 11) is 0. The van der Waals surface area contributed by atoms with E-state index in [1.54, 1.807) is 45.0 Å². The van der Waals surface area contributed by atoms with Gasteiger partial charge in [0.1, 0.15) is 5.60 Å². The average molecular weight is 624 g/mol. The van der Waals surface area contributed by atoms with Gasteiger partial charge in [-0.05, 0) is 85.7 Å². The number of non-ortho nitro benzene ring substituents is 1. The largest absolute Gasteiger partial charge is 0.444 e. The number of nitro benzene ring substituents is 1. The first-order valence-electron chi connectivity index (χ1n) is 14.1. The molecule has 0 spiro atoms. The maximum absolute atomic E-state index is 13.5. The Morgan fingerprint density at radius 1 is 1.11 bits per heavy atom. The normalized spacial score (nSPS) is 13.7. The third kappa shape index (κ3) is 8.50. The van der Waals surface area contributed by atoms with Crippen molar-refractivity contribution >= 4 is 23.5 Å². The van der Waals surface area contributed by atoms with E-state index in [9.17, 15) is 38.1 Å². The molecule has 1 aliphatic heterocycles. The van der Waals surface area contributed by atoms with Crippen LogP contribution in [0.3, 0.4) is 0 Å². The van der Waals surface area contributed by atoms with Crippen molar-refractivity contribution in [2.24, 2.45) is 0 Å². The molecule has 1 atom stereocenters. The summed E-state index contributed by atoms with van der Waals surface area (Å²) in [6.07, 6.45) is -4.43. The number of ether oxygens (including phenoxy) is 1. The molecule has 1 aliphatic rings. The lowest BCUT2D eigenvalue weighted by Gasteiger charge is -2.32. The van der Waals surface area contributed by atoms with Crippen molar-refractivity contribution in [2.45, 2.75) is 64.4 Å². The van der Waals surface area contributed by atoms with Gasteiger partial charge in [-0.1, -0.05) is 24.3 Å². The zero-order chi connectivity index (χ0) is 32.9. The van der Waals surface area contributed by atoms with Gasteiger partial charge in [-0.15, -0.1) is 0 Å². The Kier molecular flexibility index (Phi) is 9.66. The van der Waals surface area contributed by atoms with Crippen LogP contribution < -0.4 is 10.6 Å². The Morgan fingerprint density at radius 2 is 1.82 bits per heavy atom. The lowest BCUT2D eigenvalue weighted by Crippen LogP contribution is -2.44. The van der Waals surface area contributed by atoms with Gasteiger partial charge in [0.05, 0.1) is 22.6 Å². The van der Waals surface area contributed by atoms with Gasteiger partial charge in [-0.3, -0.25) is 15.4 Å². The fraction of sp³-hybridized carbons (Fsp3) is 0.344. The van der Waals surface area contributed by atoms with E-state index in [2.05, 4.69) is 16.7 Å². The van der Waals surface area contributed by atoms with Crippen LogP contribution in [0.2, 0.25) is 0 Å². The van der Waals surface area contributed by atoms with Crippen molar-refractivity contribution in [2.75, 3.05) is 11.9 Å². The molecule has 0 aliphatic carbocycles. The second-order valence-corrected chi connectivity index (χ2v) is 11.6. The number of nitriles is 1. The Morgan fingerprint density at radius 3 is 2.44 bits per heavy atom. The predicted molar refractivity (Wildman–Crippen MR) is 160 cm³/mol. The molecule has 0 bridgehead atoms. The van der Waals surface area contributed by atoms with Crippen LogP contribution in [0.1, 0.15) is 61.9 Å². The molecule has 3 aromatic rings. The van der Waals surface area contributed by atoms with Crippen LogP contribution in [0.4, 0.5) is 34.1 Å². The minimum Gasteiger partial charge on any atom is -0.444 e. The number of carbonyl (C=O) groups is 2. The first kappa shape index (κ1) is 32.8. The van der Waals surface area contributed by atoms with E-state index < -0.39 is 40.4 Å². The minimum absolute atomic E-state index is 0.0295. The first-order valence-corrected chi connectivity index (χ1v) is 14.1. The van der Waals surface area contributed by atoms with Crippen LogP contribution >= 0.6 is 0 Å². The van der Waals surface area contributed by atoms with Crippen molar-refractivity contribution in [3.63, 3.8) is 0 Å². The van der Waals surface area contributed by atoms with Gasteiger partial charge in [0.15, 0.2) is 0 Å². The summed E-state index contributed by atoms with van der Waals surface area (Å²) in [6, 6.07) is 15.0. The molecule has 3 aromatic carbocycles. The number of benzene rings is 3. The van der Waals surface area contributed by atoms with Crippen molar-refractivity contribution in [3.8, 4) is 17.2 Å². The van der Waals surface area contributed by atoms with E-state index in [0.717, 1.165) is 12.1 Å². The third-order valence-corrected chi connectivity index (χ3v) is 7.12. The van der Waals surface area contributed by atoms with Gasteiger partial charge in [0.25, 0.3) is 5.69 Å². The van der Waals surface area contributed by atoms with Crippen molar-refractivity contribution in [1.82, 2.24) is 10.2 Å². The summed E-state index contributed by atoms with van der Waals surface area (Å²) in [6.45, 7) is 5.49. The number of hydrogen-bond donors (Lipinski definition) is 2. The molecule has 0 fully saturated rings. The molecule has 0 aromatic heterocycles. The smallest absolute Gasteiger partial charge is 0.416 e. The van der Waals surface area contributed by atoms with Crippen molar-refractivity contribution in [3.05, 3.63) is 93.0 Å². The SMILES string of the molecule is CC(C)(C)OC(=O)Nc1cccc([C@H](CCC#N)NC(=O)N2CCc3c(cc([N+](=O)[O-])cc3-c3ccc(C(F)(F)F)cc3)C2)c1. The zero-order valence-electron chi connectivity index (χ0n) is 24.9. The standard InChI is InChI=1S/C32H32F3N5O5/c1-31(2,3)45-30(42)37-24-7-4-6-21(16-24)28(8-5-14-36)38-29(41)39-15-13-26-22(19-39)17-25(40(43)44)18-27(26)20-9-11-23(12-10-20)32(33,34)35/h4,6-7,9-12,16-18,28H,5,8,13,15,19H2,1-3H3,(H,37,42)(H,38,41)/t28-/m0/s1. The Hall–Kier alpha value is -5.12. The monoisotopic (exact) mass is 623 g/mol. The molecule has 10 nitrogen and oxygen atoms in total. The van der Waals surface area contributed by atoms with Gasteiger partial charge >= 0.3 is 18.3 Å². The second-order valence-electron chi connectivity index (χ2n) is 11.6. The maximum atomic E-state index is 13.5. The van der Waals surface area contributed by atoms with Gasteiger partial charge in [-0.25, -0.2) is 9.59 Å². The first-order chi connectivity index (χ1) is 21.1. The number of rotatable bonds is 7. The summed E-state index contributed by atoms with van der Waals surface area (Å²) in [5, 5.41) is 26.6. The lowest BCUT2D eigenvalue weighted by molar-refractivity contribution is -0.384. The van der Waals surface area contributed by atoms with Crippen LogP contribution in [0.5, 0.6) is 0 Å². The molecule has 0 unspecified atom stereocenters. The number of anilines is 1. The highest BCUT2D eigenvalue weighted by Crippen LogP contribution is 2.37. The molecule has 0 saturated heterocycles. The highest BCUT2D eigenvalue weighted by molar-refractivity contribution is 5.85. The van der Waals surface area contributed by atoms with Crippen LogP contribution in [0.25, 0.3) is 11.1 Å².